The highest BCUT2D eigenvalue weighted by molar-refractivity contribution is 5.61. The molecule has 0 aliphatic rings. The van der Waals surface area contributed by atoms with Crippen molar-refractivity contribution in [3.05, 3.63) is 48.5 Å². The largest absolute Gasteiger partial charge is 0.497 e. The molecule has 0 saturated heterocycles. The van der Waals surface area contributed by atoms with Crippen molar-refractivity contribution in [1.82, 2.24) is 10.2 Å². The number of rotatable bonds is 4. The number of anilines is 1. The second-order valence-corrected chi connectivity index (χ2v) is 5.09. The van der Waals surface area contributed by atoms with Crippen LogP contribution < -0.4 is 9.64 Å². The lowest BCUT2D eigenvalue weighted by atomic mass is 10.2. The first kappa shape index (κ1) is 14.1. The molecule has 0 saturated carbocycles. The van der Waals surface area contributed by atoms with Crippen LogP contribution in [0.25, 0.3) is 22.9 Å². The van der Waals surface area contributed by atoms with Crippen LogP contribution in [0.15, 0.2) is 52.9 Å². The van der Waals surface area contributed by atoms with Crippen LogP contribution in [0.3, 0.4) is 0 Å². The molecule has 1 heterocycles. The van der Waals surface area contributed by atoms with Crippen molar-refractivity contribution in [2.24, 2.45) is 0 Å². The molecule has 0 unspecified atom stereocenters. The molecule has 0 N–H and O–H groups in total. The van der Waals surface area contributed by atoms with E-state index in [1.165, 1.54) is 0 Å². The molecule has 0 atom stereocenters. The molecule has 0 radical (unpaired) electrons. The first-order chi connectivity index (χ1) is 10.7. The minimum absolute atomic E-state index is 0.477. The van der Waals surface area contributed by atoms with Gasteiger partial charge in [-0.2, -0.15) is 0 Å². The number of methoxy groups -OCH3 is 1. The van der Waals surface area contributed by atoms with E-state index in [4.69, 9.17) is 9.15 Å². The van der Waals surface area contributed by atoms with Crippen LogP contribution in [-0.2, 0) is 0 Å². The van der Waals surface area contributed by atoms with Gasteiger partial charge in [-0.3, -0.25) is 0 Å². The molecule has 112 valence electrons. The van der Waals surface area contributed by atoms with Crippen molar-refractivity contribution in [1.29, 1.82) is 0 Å². The van der Waals surface area contributed by atoms with Crippen molar-refractivity contribution in [3.63, 3.8) is 0 Å². The Bertz CT molecular complexity index is 764. The van der Waals surface area contributed by atoms with E-state index < -0.39 is 0 Å². The topological polar surface area (TPSA) is 51.4 Å². The Balaban J connectivity index is 1.89. The predicted molar refractivity (Wildman–Crippen MR) is 86.0 cm³/mol. The number of nitrogens with zero attached hydrogens (tertiary/aromatic N) is 3. The van der Waals surface area contributed by atoms with Gasteiger partial charge in [-0.05, 0) is 42.5 Å². The molecule has 5 nitrogen and oxygen atoms in total. The molecule has 0 bridgehead atoms. The standard InChI is InChI=1S/C17H17N3O2/c1-20(2)14-9-7-12(8-10-14)16-18-19-17(22-16)13-5-4-6-15(11-13)21-3/h4-11H,1-3H3. The second kappa shape index (κ2) is 5.89. The highest BCUT2D eigenvalue weighted by atomic mass is 16.5. The summed E-state index contributed by atoms with van der Waals surface area (Å²) in [6.45, 7) is 0. The zero-order chi connectivity index (χ0) is 15.5. The molecular formula is C17H17N3O2. The van der Waals surface area contributed by atoms with Crippen LogP contribution >= 0.6 is 0 Å². The Hall–Kier alpha value is -2.82. The summed E-state index contributed by atoms with van der Waals surface area (Å²) in [5.41, 5.74) is 2.85. The first-order valence-electron chi connectivity index (χ1n) is 6.93. The van der Waals surface area contributed by atoms with Crippen LogP contribution in [0, 0.1) is 0 Å². The number of benzene rings is 2. The smallest absolute Gasteiger partial charge is 0.248 e. The Morgan fingerprint density at radius 1 is 0.909 bits per heavy atom. The third-order valence-corrected chi connectivity index (χ3v) is 3.37. The van der Waals surface area contributed by atoms with Gasteiger partial charge in [0.2, 0.25) is 11.8 Å². The van der Waals surface area contributed by atoms with E-state index in [0.29, 0.717) is 11.8 Å². The lowest BCUT2D eigenvalue weighted by Crippen LogP contribution is -2.07. The lowest BCUT2D eigenvalue weighted by molar-refractivity contribution is 0.415. The van der Waals surface area contributed by atoms with Crippen molar-refractivity contribution < 1.29 is 9.15 Å². The van der Waals surface area contributed by atoms with Crippen molar-refractivity contribution in [2.45, 2.75) is 0 Å². The average molecular weight is 295 g/mol. The molecule has 2 aromatic carbocycles. The van der Waals surface area contributed by atoms with E-state index in [-0.39, 0.29) is 0 Å². The molecule has 1 aromatic heterocycles. The van der Waals surface area contributed by atoms with Gasteiger partial charge in [0.05, 0.1) is 7.11 Å². The second-order valence-electron chi connectivity index (χ2n) is 5.09. The zero-order valence-corrected chi connectivity index (χ0v) is 12.8. The minimum Gasteiger partial charge on any atom is -0.497 e. The first-order valence-corrected chi connectivity index (χ1v) is 6.93. The molecule has 3 rings (SSSR count). The lowest BCUT2D eigenvalue weighted by Gasteiger charge is -2.11. The molecular weight excluding hydrogens is 278 g/mol. The van der Waals surface area contributed by atoms with Crippen LogP contribution in [0.2, 0.25) is 0 Å². The Morgan fingerprint density at radius 2 is 1.59 bits per heavy atom. The maximum Gasteiger partial charge on any atom is 0.248 e. The third-order valence-electron chi connectivity index (χ3n) is 3.37. The number of aromatic nitrogens is 2. The molecule has 22 heavy (non-hydrogen) atoms. The van der Waals surface area contributed by atoms with E-state index >= 15 is 0 Å². The van der Waals surface area contributed by atoms with Gasteiger partial charge in [0.1, 0.15) is 5.75 Å². The maximum absolute atomic E-state index is 5.76. The summed E-state index contributed by atoms with van der Waals surface area (Å²) in [7, 11) is 5.63. The zero-order valence-electron chi connectivity index (χ0n) is 12.8. The Kier molecular flexibility index (Phi) is 3.78. The van der Waals surface area contributed by atoms with E-state index in [0.717, 1.165) is 22.6 Å². The van der Waals surface area contributed by atoms with Gasteiger partial charge >= 0.3 is 0 Å². The minimum atomic E-state index is 0.477. The van der Waals surface area contributed by atoms with Crippen LogP contribution in [-0.4, -0.2) is 31.4 Å². The molecule has 0 amide bonds. The summed E-state index contributed by atoms with van der Waals surface area (Å²) in [4.78, 5) is 2.04. The molecule has 0 aliphatic carbocycles. The van der Waals surface area contributed by atoms with Gasteiger partial charge in [0, 0.05) is 30.9 Å². The van der Waals surface area contributed by atoms with E-state index in [2.05, 4.69) is 10.2 Å². The fourth-order valence-electron chi connectivity index (χ4n) is 2.11. The van der Waals surface area contributed by atoms with E-state index in [1.807, 2.05) is 67.5 Å². The van der Waals surface area contributed by atoms with Crippen molar-refractivity contribution >= 4 is 5.69 Å². The van der Waals surface area contributed by atoms with Crippen molar-refractivity contribution in [3.8, 4) is 28.7 Å². The summed E-state index contributed by atoms with van der Waals surface area (Å²) in [5.74, 6) is 1.74. The molecule has 3 aromatic rings. The van der Waals surface area contributed by atoms with Crippen LogP contribution in [0.1, 0.15) is 0 Å². The van der Waals surface area contributed by atoms with Gasteiger partial charge in [0.25, 0.3) is 0 Å². The Labute approximate surface area is 129 Å². The van der Waals surface area contributed by atoms with Gasteiger partial charge < -0.3 is 14.1 Å². The summed E-state index contributed by atoms with van der Waals surface area (Å²) in [6, 6.07) is 15.5. The summed E-state index contributed by atoms with van der Waals surface area (Å²) in [6.07, 6.45) is 0. The summed E-state index contributed by atoms with van der Waals surface area (Å²) < 4.78 is 11.0. The average Bonchev–Trinajstić information content (AvgIpc) is 3.05. The van der Waals surface area contributed by atoms with Crippen LogP contribution in [0.4, 0.5) is 5.69 Å². The fourth-order valence-corrected chi connectivity index (χ4v) is 2.11. The number of ether oxygens (including phenoxy) is 1. The normalized spacial score (nSPS) is 10.5. The molecule has 0 fully saturated rings. The van der Waals surface area contributed by atoms with Gasteiger partial charge in [-0.15, -0.1) is 10.2 Å². The Morgan fingerprint density at radius 3 is 2.23 bits per heavy atom. The summed E-state index contributed by atoms with van der Waals surface area (Å²) in [5, 5.41) is 8.23. The number of hydrogen-bond donors (Lipinski definition) is 0. The van der Waals surface area contributed by atoms with Crippen molar-refractivity contribution in [2.75, 3.05) is 26.1 Å². The highest BCUT2D eigenvalue weighted by Crippen LogP contribution is 2.27. The van der Waals surface area contributed by atoms with Gasteiger partial charge in [0.15, 0.2) is 0 Å². The van der Waals surface area contributed by atoms with Crippen LogP contribution in [0.5, 0.6) is 5.75 Å². The monoisotopic (exact) mass is 295 g/mol. The predicted octanol–water partition coefficient (Wildman–Crippen LogP) is 3.48. The van der Waals surface area contributed by atoms with Gasteiger partial charge in [-0.25, -0.2) is 0 Å². The third kappa shape index (κ3) is 2.79. The highest BCUT2D eigenvalue weighted by Gasteiger charge is 2.11. The molecule has 0 spiro atoms. The van der Waals surface area contributed by atoms with Gasteiger partial charge in [-0.1, -0.05) is 6.07 Å². The van der Waals surface area contributed by atoms with E-state index in [9.17, 15) is 0 Å². The van der Waals surface area contributed by atoms with E-state index in [1.54, 1.807) is 7.11 Å². The maximum atomic E-state index is 5.76. The molecule has 0 aliphatic heterocycles. The number of hydrogen-bond acceptors (Lipinski definition) is 5. The quantitative estimate of drug-likeness (QED) is 0.737. The molecule has 5 heteroatoms. The summed E-state index contributed by atoms with van der Waals surface area (Å²) >= 11 is 0. The SMILES string of the molecule is COc1cccc(-c2nnc(-c3ccc(N(C)C)cc3)o2)c1. The fraction of sp³-hybridized carbons (Fsp3) is 0.176.